The van der Waals surface area contributed by atoms with Gasteiger partial charge in [-0.3, -0.25) is 4.79 Å². The maximum absolute atomic E-state index is 11.0. The third-order valence-electron chi connectivity index (χ3n) is 2.95. The summed E-state index contributed by atoms with van der Waals surface area (Å²) in [7, 11) is 0. The fourth-order valence-electron chi connectivity index (χ4n) is 2.14. The first-order valence-electron chi connectivity index (χ1n) is 6.12. The molecule has 0 atom stereocenters. The van der Waals surface area contributed by atoms with Crippen LogP contribution in [0.15, 0.2) is 41.0 Å². The molecular weight excluding hydrogens is 242 g/mol. The Bertz CT molecular complexity index is 561. The molecule has 0 amide bonds. The first kappa shape index (κ1) is 13.2. The quantitative estimate of drug-likeness (QED) is 0.896. The average Bonchev–Trinajstić information content (AvgIpc) is 2.80. The highest BCUT2D eigenvalue weighted by atomic mass is 16.4. The standard InChI is InChI=1S/C15H17NO3/c1-11-5-6-14(12(2)8-11)16(10-15(17)18)9-13-4-3-7-19-13/h3-8H,9-10H2,1-2H3,(H,17,18). The third kappa shape index (κ3) is 3.37. The number of carboxylic acids is 1. The van der Waals surface area contributed by atoms with Gasteiger partial charge in [0.05, 0.1) is 12.8 Å². The van der Waals surface area contributed by atoms with E-state index in [0.29, 0.717) is 6.54 Å². The lowest BCUT2D eigenvalue weighted by atomic mass is 10.1. The summed E-state index contributed by atoms with van der Waals surface area (Å²) in [6.07, 6.45) is 1.59. The molecule has 0 bridgehead atoms. The molecule has 0 aliphatic heterocycles. The Hall–Kier alpha value is -2.23. The fourth-order valence-corrected chi connectivity index (χ4v) is 2.14. The van der Waals surface area contributed by atoms with E-state index < -0.39 is 5.97 Å². The summed E-state index contributed by atoms with van der Waals surface area (Å²) in [6.45, 7) is 4.40. The number of hydrogen-bond donors (Lipinski definition) is 1. The monoisotopic (exact) mass is 259 g/mol. The minimum atomic E-state index is -0.855. The Morgan fingerprint density at radius 3 is 2.68 bits per heavy atom. The highest BCUT2D eigenvalue weighted by Crippen LogP contribution is 2.23. The second-order valence-electron chi connectivity index (χ2n) is 4.62. The minimum absolute atomic E-state index is 0.0510. The number of furan rings is 1. The molecule has 0 radical (unpaired) electrons. The van der Waals surface area contributed by atoms with Gasteiger partial charge in [0.2, 0.25) is 0 Å². The van der Waals surface area contributed by atoms with E-state index in [1.54, 1.807) is 17.2 Å². The lowest BCUT2D eigenvalue weighted by Gasteiger charge is -2.24. The Balaban J connectivity index is 2.28. The Morgan fingerprint density at radius 2 is 2.11 bits per heavy atom. The van der Waals surface area contributed by atoms with Crippen LogP contribution < -0.4 is 4.90 Å². The van der Waals surface area contributed by atoms with Gasteiger partial charge >= 0.3 is 5.97 Å². The van der Waals surface area contributed by atoms with E-state index in [-0.39, 0.29) is 6.54 Å². The Kier molecular flexibility index (Phi) is 3.90. The second kappa shape index (κ2) is 5.61. The van der Waals surface area contributed by atoms with Crippen LogP contribution in [0.1, 0.15) is 16.9 Å². The maximum atomic E-state index is 11.0. The molecule has 4 heteroatoms. The van der Waals surface area contributed by atoms with Crippen LogP contribution in [0.4, 0.5) is 5.69 Å². The zero-order valence-corrected chi connectivity index (χ0v) is 11.1. The number of benzene rings is 1. The molecule has 0 spiro atoms. The van der Waals surface area contributed by atoms with E-state index in [1.165, 1.54) is 0 Å². The van der Waals surface area contributed by atoms with E-state index in [4.69, 9.17) is 9.52 Å². The van der Waals surface area contributed by atoms with Crippen molar-refractivity contribution in [3.63, 3.8) is 0 Å². The molecule has 0 fully saturated rings. The lowest BCUT2D eigenvalue weighted by molar-refractivity contribution is -0.135. The van der Waals surface area contributed by atoms with E-state index in [9.17, 15) is 4.79 Å². The van der Waals surface area contributed by atoms with E-state index in [0.717, 1.165) is 22.6 Å². The van der Waals surface area contributed by atoms with Gasteiger partial charge in [-0.05, 0) is 37.6 Å². The number of nitrogens with zero attached hydrogens (tertiary/aromatic N) is 1. The number of aliphatic carboxylic acids is 1. The molecule has 1 aromatic heterocycles. The molecule has 1 aromatic carbocycles. The van der Waals surface area contributed by atoms with Crippen molar-refractivity contribution in [3.05, 3.63) is 53.5 Å². The van der Waals surface area contributed by atoms with Crippen LogP contribution in [0.3, 0.4) is 0 Å². The largest absolute Gasteiger partial charge is 0.480 e. The van der Waals surface area contributed by atoms with Gasteiger partial charge in [0, 0.05) is 5.69 Å². The number of hydrogen-bond acceptors (Lipinski definition) is 3. The molecule has 0 saturated heterocycles. The maximum Gasteiger partial charge on any atom is 0.323 e. The number of carboxylic acid groups (broad SMARTS) is 1. The summed E-state index contributed by atoms with van der Waals surface area (Å²) in [6, 6.07) is 9.64. The molecule has 0 aliphatic rings. The van der Waals surface area contributed by atoms with Gasteiger partial charge in [0.15, 0.2) is 0 Å². The van der Waals surface area contributed by atoms with Crippen LogP contribution in [0.2, 0.25) is 0 Å². The van der Waals surface area contributed by atoms with Crippen LogP contribution in [0, 0.1) is 13.8 Å². The van der Waals surface area contributed by atoms with Gasteiger partial charge in [0.25, 0.3) is 0 Å². The molecule has 0 aliphatic carbocycles. The lowest BCUT2D eigenvalue weighted by Crippen LogP contribution is -2.29. The molecule has 1 heterocycles. The van der Waals surface area contributed by atoms with Gasteiger partial charge in [0.1, 0.15) is 12.3 Å². The van der Waals surface area contributed by atoms with E-state index >= 15 is 0 Å². The highest BCUT2D eigenvalue weighted by molar-refractivity contribution is 5.74. The van der Waals surface area contributed by atoms with Crippen molar-refractivity contribution >= 4 is 11.7 Å². The van der Waals surface area contributed by atoms with Crippen molar-refractivity contribution in [2.24, 2.45) is 0 Å². The van der Waals surface area contributed by atoms with Gasteiger partial charge in [-0.25, -0.2) is 0 Å². The zero-order valence-electron chi connectivity index (χ0n) is 11.1. The van der Waals surface area contributed by atoms with Crippen LogP contribution >= 0.6 is 0 Å². The van der Waals surface area contributed by atoms with Gasteiger partial charge in [-0.2, -0.15) is 0 Å². The van der Waals surface area contributed by atoms with Crippen molar-refractivity contribution in [2.45, 2.75) is 20.4 Å². The molecular formula is C15H17NO3. The topological polar surface area (TPSA) is 53.7 Å². The van der Waals surface area contributed by atoms with Crippen LogP contribution in [-0.4, -0.2) is 17.6 Å². The zero-order chi connectivity index (χ0) is 13.8. The summed E-state index contributed by atoms with van der Waals surface area (Å²) >= 11 is 0. The second-order valence-corrected chi connectivity index (χ2v) is 4.62. The number of carbonyl (C=O) groups is 1. The molecule has 0 unspecified atom stereocenters. The summed E-state index contributed by atoms with van der Waals surface area (Å²) < 4.78 is 5.30. The predicted molar refractivity (Wildman–Crippen MR) is 73.3 cm³/mol. The van der Waals surface area contributed by atoms with Gasteiger partial charge in [-0.1, -0.05) is 17.7 Å². The first-order chi connectivity index (χ1) is 9.06. The molecule has 1 N–H and O–H groups in total. The van der Waals surface area contributed by atoms with E-state index in [2.05, 4.69) is 0 Å². The summed E-state index contributed by atoms with van der Waals surface area (Å²) in [5, 5.41) is 9.05. The molecule has 4 nitrogen and oxygen atoms in total. The van der Waals surface area contributed by atoms with Gasteiger partial charge < -0.3 is 14.4 Å². The van der Waals surface area contributed by atoms with Crippen molar-refractivity contribution in [1.29, 1.82) is 0 Å². The summed E-state index contributed by atoms with van der Waals surface area (Å²) in [5.74, 6) is -0.104. The molecule has 2 aromatic rings. The predicted octanol–water partition coefficient (Wildman–Crippen LogP) is 2.99. The molecule has 2 rings (SSSR count). The first-order valence-corrected chi connectivity index (χ1v) is 6.12. The third-order valence-corrected chi connectivity index (χ3v) is 2.95. The van der Waals surface area contributed by atoms with Crippen LogP contribution in [-0.2, 0) is 11.3 Å². The van der Waals surface area contributed by atoms with E-state index in [1.807, 2.05) is 38.1 Å². The average molecular weight is 259 g/mol. The summed E-state index contributed by atoms with van der Waals surface area (Å²) in [4.78, 5) is 12.8. The highest BCUT2D eigenvalue weighted by Gasteiger charge is 2.14. The SMILES string of the molecule is Cc1ccc(N(CC(=O)O)Cc2ccco2)c(C)c1. The minimum Gasteiger partial charge on any atom is -0.480 e. The summed E-state index contributed by atoms with van der Waals surface area (Å²) in [5.41, 5.74) is 3.15. The number of anilines is 1. The smallest absolute Gasteiger partial charge is 0.323 e. The number of aryl methyl sites for hydroxylation is 2. The van der Waals surface area contributed by atoms with Crippen LogP contribution in [0.5, 0.6) is 0 Å². The molecule has 0 saturated carbocycles. The number of rotatable bonds is 5. The normalized spacial score (nSPS) is 10.4. The Labute approximate surface area is 112 Å². The van der Waals surface area contributed by atoms with Crippen molar-refractivity contribution < 1.29 is 14.3 Å². The van der Waals surface area contributed by atoms with Crippen molar-refractivity contribution in [3.8, 4) is 0 Å². The van der Waals surface area contributed by atoms with Gasteiger partial charge in [-0.15, -0.1) is 0 Å². The molecule has 19 heavy (non-hydrogen) atoms. The molecule has 100 valence electrons. The van der Waals surface area contributed by atoms with Crippen molar-refractivity contribution in [2.75, 3.05) is 11.4 Å². The van der Waals surface area contributed by atoms with Crippen molar-refractivity contribution in [1.82, 2.24) is 0 Å². The Morgan fingerprint density at radius 1 is 1.32 bits per heavy atom. The fraction of sp³-hybridized carbons (Fsp3) is 0.267. The van der Waals surface area contributed by atoms with Crippen LogP contribution in [0.25, 0.3) is 0 Å².